The van der Waals surface area contributed by atoms with Gasteiger partial charge < -0.3 is 15.8 Å². The molecule has 5 heteroatoms. The Kier molecular flexibility index (Phi) is 5.34. The summed E-state index contributed by atoms with van der Waals surface area (Å²) >= 11 is 0. The van der Waals surface area contributed by atoms with Gasteiger partial charge in [-0.05, 0) is 13.3 Å². The van der Waals surface area contributed by atoms with Gasteiger partial charge in [0.25, 0.3) is 0 Å². The number of hydrogen-bond donors (Lipinski definition) is 2. The molecule has 0 aliphatic rings. The van der Waals surface area contributed by atoms with Crippen LogP contribution < -0.4 is 11.1 Å². The van der Waals surface area contributed by atoms with E-state index in [1.807, 2.05) is 0 Å². The van der Waals surface area contributed by atoms with E-state index in [1.54, 1.807) is 6.92 Å². The monoisotopic (exact) mass is 186 g/mol. The van der Waals surface area contributed by atoms with Crippen LogP contribution in [0.25, 0.3) is 0 Å². The van der Waals surface area contributed by atoms with Crippen molar-refractivity contribution in [2.75, 3.05) is 13.2 Å². The summed E-state index contributed by atoms with van der Waals surface area (Å²) in [6, 6.07) is -0.578. The zero-order valence-corrected chi connectivity index (χ0v) is 7.63. The lowest BCUT2D eigenvalue weighted by molar-refractivity contribution is -0.138. The molecule has 0 radical (unpaired) electrons. The standard InChI is InChI=1S/C8H14N2O3/c1-6(2)7(11)13-5-3-4-10-8(9)12/h1,3-5H2,2H3,(H3,9,10,12). The lowest BCUT2D eigenvalue weighted by atomic mass is 10.3. The minimum absolute atomic E-state index is 0.256. The third kappa shape index (κ3) is 6.86. The largest absolute Gasteiger partial charge is 0.462 e. The van der Waals surface area contributed by atoms with Gasteiger partial charge in [0, 0.05) is 12.1 Å². The molecule has 0 aromatic carbocycles. The van der Waals surface area contributed by atoms with Crippen LogP contribution in [0.2, 0.25) is 0 Å². The minimum Gasteiger partial charge on any atom is -0.462 e. The quantitative estimate of drug-likeness (QED) is 0.364. The molecule has 0 aliphatic heterocycles. The Hall–Kier alpha value is -1.52. The Morgan fingerprint density at radius 3 is 2.62 bits per heavy atom. The highest BCUT2D eigenvalue weighted by atomic mass is 16.5. The summed E-state index contributed by atoms with van der Waals surface area (Å²) < 4.78 is 4.75. The smallest absolute Gasteiger partial charge is 0.333 e. The van der Waals surface area contributed by atoms with Crippen molar-refractivity contribution in [1.29, 1.82) is 0 Å². The molecular weight excluding hydrogens is 172 g/mol. The molecule has 0 rings (SSSR count). The highest BCUT2D eigenvalue weighted by molar-refractivity contribution is 5.86. The number of nitrogens with one attached hydrogen (secondary N) is 1. The Labute approximate surface area is 76.9 Å². The Balaban J connectivity index is 3.31. The lowest BCUT2D eigenvalue weighted by Gasteiger charge is -2.03. The van der Waals surface area contributed by atoms with Gasteiger partial charge in [-0.1, -0.05) is 6.58 Å². The number of ether oxygens (including phenoxy) is 1. The molecule has 0 saturated carbocycles. The zero-order valence-electron chi connectivity index (χ0n) is 7.63. The predicted octanol–water partition coefficient (Wildman–Crippen LogP) is 0.164. The van der Waals surface area contributed by atoms with E-state index < -0.39 is 12.0 Å². The van der Waals surface area contributed by atoms with Crippen LogP contribution in [0.4, 0.5) is 4.79 Å². The molecule has 0 saturated heterocycles. The molecule has 3 N–H and O–H groups in total. The summed E-state index contributed by atoms with van der Waals surface area (Å²) in [5.41, 5.74) is 5.17. The molecule has 74 valence electrons. The maximum Gasteiger partial charge on any atom is 0.333 e. The molecule has 0 atom stereocenters. The molecule has 0 fully saturated rings. The van der Waals surface area contributed by atoms with E-state index in [0.717, 1.165) is 0 Å². The summed E-state index contributed by atoms with van der Waals surface area (Å²) in [6.45, 7) is 5.65. The molecule has 0 aromatic heterocycles. The number of urea groups is 1. The van der Waals surface area contributed by atoms with Crippen LogP contribution >= 0.6 is 0 Å². The van der Waals surface area contributed by atoms with E-state index in [4.69, 9.17) is 10.5 Å². The fraction of sp³-hybridized carbons (Fsp3) is 0.500. The van der Waals surface area contributed by atoms with Crippen LogP contribution in [0.3, 0.4) is 0 Å². The van der Waals surface area contributed by atoms with Crippen molar-refractivity contribution in [2.45, 2.75) is 13.3 Å². The van der Waals surface area contributed by atoms with E-state index in [2.05, 4.69) is 11.9 Å². The van der Waals surface area contributed by atoms with Crippen LogP contribution in [-0.4, -0.2) is 25.2 Å². The van der Waals surface area contributed by atoms with Crippen molar-refractivity contribution in [2.24, 2.45) is 5.73 Å². The Morgan fingerprint density at radius 1 is 1.54 bits per heavy atom. The molecule has 0 bridgehead atoms. The van der Waals surface area contributed by atoms with Crippen LogP contribution in [0, 0.1) is 0 Å². The van der Waals surface area contributed by atoms with Crippen LogP contribution in [0.1, 0.15) is 13.3 Å². The van der Waals surface area contributed by atoms with E-state index in [9.17, 15) is 9.59 Å². The van der Waals surface area contributed by atoms with E-state index >= 15 is 0 Å². The van der Waals surface area contributed by atoms with E-state index in [-0.39, 0.29) is 6.61 Å². The number of carbonyl (C=O) groups is 2. The van der Waals surface area contributed by atoms with Crippen molar-refractivity contribution in [3.63, 3.8) is 0 Å². The van der Waals surface area contributed by atoms with Gasteiger partial charge in [-0.2, -0.15) is 0 Å². The van der Waals surface area contributed by atoms with Crippen molar-refractivity contribution >= 4 is 12.0 Å². The van der Waals surface area contributed by atoms with Crippen molar-refractivity contribution in [3.05, 3.63) is 12.2 Å². The number of esters is 1. The number of hydrogen-bond acceptors (Lipinski definition) is 3. The second-order valence-corrected chi connectivity index (χ2v) is 2.56. The first kappa shape index (κ1) is 11.5. The van der Waals surface area contributed by atoms with Crippen LogP contribution in [-0.2, 0) is 9.53 Å². The summed E-state index contributed by atoms with van der Waals surface area (Å²) in [5.74, 6) is -0.418. The molecule has 2 amide bonds. The molecule has 0 heterocycles. The van der Waals surface area contributed by atoms with Gasteiger partial charge in [-0.15, -0.1) is 0 Å². The first-order valence-corrected chi connectivity index (χ1v) is 3.90. The summed E-state index contributed by atoms with van der Waals surface area (Å²) in [7, 11) is 0. The lowest BCUT2D eigenvalue weighted by Crippen LogP contribution is -2.30. The van der Waals surface area contributed by atoms with Gasteiger partial charge in [0.2, 0.25) is 0 Å². The minimum atomic E-state index is -0.578. The second-order valence-electron chi connectivity index (χ2n) is 2.56. The molecule has 5 nitrogen and oxygen atoms in total. The molecule has 0 unspecified atom stereocenters. The normalized spacial score (nSPS) is 9.00. The number of rotatable bonds is 5. The SMILES string of the molecule is C=C(C)C(=O)OCCCNC(N)=O. The van der Waals surface area contributed by atoms with Gasteiger partial charge in [-0.25, -0.2) is 9.59 Å². The first-order chi connectivity index (χ1) is 6.04. The molecule has 13 heavy (non-hydrogen) atoms. The van der Waals surface area contributed by atoms with Crippen LogP contribution in [0.15, 0.2) is 12.2 Å². The van der Waals surface area contributed by atoms with Crippen molar-refractivity contribution in [3.8, 4) is 0 Å². The third-order valence-corrected chi connectivity index (χ3v) is 1.20. The average molecular weight is 186 g/mol. The number of carbonyl (C=O) groups excluding carboxylic acids is 2. The van der Waals surface area contributed by atoms with Crippen LogP contribution in [0.5, 0.6) is 0 Å². The third-order valence-electron chi connectivity index (χ3n) is 1.20. The number of nitrogens with two attached hydrogens (primary N) is 1. The summed E-state index contributed by atoms with van der Waals surface area (Å²) in [5, 5.41) is 2.37. The molecule has 0 aliphatic carbocycles. The Morgan fingerprint density at radius 2 is 2.15 bits per heavy atom. The van der Waals surface area contributed by atoms with Gasteiger partial charge in [0.15, 0.2) is 0 Å². The molecule has 0 aromatic rings. The average Bonchev–Trinajstić information content (AvgIpc) is 2.02. The fourth-order valence-corrected chi connectivity index (χ4v) is 0.572. The Bertz CT molecular complexity index is 213. The van der Waals surface area contributed by atoms with Gasteiger partial charge in [0.05, 0.1) is 6.61 Å². The summed E-state index contributed by atoms with van der Waals surface area (Å²) in [6.07, 6.45) is 0.544. The molecular formula is C8H14N2O3. The summed E-state index contributed by atoms with van der Waals surface area (Å²) in [4.78, 5) is 21.0. The first-order valence-electron chi connectivity index (χ1n) is 3.90. The maximum absolute atomic E-state index is 10.8. The zero-order chi connectivity index (χ0) is 10.3. The molecule has 0 spiro atoms. The number of amides is 2. The highest BCUT2D eigenvalue weighted by Crippen LogP contribution is 1.92. The maximum atomic E-state index is 10.8. The highest BCUT2D eigenvalue weighted by Gasteiger charge is 2.01. The van der Waals surface area contributed by atoms with E-state index in [1.165, 1.54) is 0 Å². The van der Waals surface area contributed by atoms with Gasteiger partial charge in [0.1, 0.15) is 0 Å². The topological polar surface area (TPSA) is 81.4 Å². The predicted molar refractivity (Wildman–Crippen MR) is 48.0 cm³/mol. The number of primary amides is 1. The van der Waals surface area contributed by atoms with Gasteiger partial charge in [-0.3, -0.25) is 0 Å². The van der Waals surface area contributed by atoms with Crippen molar-refractivity contribution in [1.82, 2.24) is 5.32 Å². The van der Waals surface area contributed by atoms with E-state index in [0.29, 0.717) is 18.5 Å². The van der Waals surface area contributed by atoms with Gasteiger partial charge >= 0.3 is 12.0 Å². The second kappa shape index (κ2) is 6.05. The van der Waals surface area contributed by atoms with Crippen molar-refractivity contribution < 1.29 is 14.3 Å². The fourth-order valence-electron chi connectivity index (χ4n) is 0.572.